The highest BCUT2D eigenvalue weighted by Gasteiger charge is 2.51. The van der Waals surface area contributed by atoms with Crippen LogP contribution in [-0.2, 0) is 32.7 Å². The van der Waals surface area contributed by atoms with E-state index in [2.05, 4.69) is 38.2 Å². The number of unbranched alkanes of at least 4 members (excludes halogenated alkanes) is 28. The molecule has 6 N–H and O–H groups in total. The van der Waals surface area contributed by atoms with Gasteiger partial charge in [-0.15, -0.1) is 0 Å². The summed E-state index contributed by atoms with van der Waals surface area (Å²) in [6.45, 7) is 3.28. The fourth-order valence-corrected chi connectivity index (χ4v) is 9.02. The number of carbonyl (C=O) groups is 2. The lowest BCUT2D eigenvalue weighted by molar-refractivity contribution is -0.220. The summed E-state index contributed by atoms with van der Waals surface area (Å²) in [5, 5.41) is 50.2. The SMILES string of the molecule is CCCCCC/C=C/CCCCCCCC(=O)O[C@@H](COC(=O)CCC/C=C/CCCCCCCCCCCCCCCCCCCC)COP(=O)(O)OC1C(O)C(O)C(O)[C@H](O)C1O. The van der Waals surface area contributed by atoms with Crippen LogP contribution < -0.4 is 0 Å². The number of hydrogen-bond donors (Lipinski definition) is 6. The molecule has 0 spiro atoms. The van der Waals surface area contributed by atoms with Gasteiger partial charge in [-0.2, -0.15) is 0 Å². The Morgan fingerprint density at radius 3 is 1.23 bits per heavy atom. The summed E-state index contributed by atoms with van der Waals surface area (Å²) in [6.07, 6.45) is 33.9. The minimum Gasteiger partial charge on any atom is -0.462 e. The van der Waals surface area contributed by atoms with E-state index in [-0.39, 0.29) is 12.8 Å². The normalized spacial score (nSPS) is 21.5. The molecule has 1 fully saturated rings. The first kappa shape index (κ1) is 61.3. The van der Waals surface area contributed by atoms with Gasteiger partial charge in [0.1, 0.15) is 43.2 Å². The summed E-state index contributed by atoms with van der Waals surface area (Å²) >= 11 is 0. The van der Waals surface area contributed by atoms with Gasteiger partial charge in [-0.25, -0.2) is 4.57 Å². The van der Waals surface area contributed by atoms with Crippen molar-refractivity contribution < 1.29 is 63.1 Å². The summed E-state index contributed by atoms with van der Waals surface area (Å²) in [4.78, 5) is 35.8. The molecular formula is C51H95O13P. The van der Waals surface area contributed by atoms with Crippen LogP contribution in [0.15, 0.2) is 24.3 Å². The summed E-state index contributed by atoms with van der Waals surface area (Å²) in [5.41, 5.74) is 0. The lowest BCUT2D eigenvalue weighted by Crippen LogP contribution is -2.64. The largest absolute Gasteiger partial charge is 0.472 e. The van der Waals surface area contributed by atoms with Gasteiger partial charge >= 0.3 is 19.8 Å². The van der Waals surface area contributed by atoms with Crippen molar-refractivity contribution in [3.63, 3.8) is 0 Å². The minimum atomic E-state index is -5.13. The molecule has 0 aliphatic heterocycles. The number of ether oxygens (including phenoxy) is 2. The lowest BCUT2D eigenvalue weighted by Gasteiger charge is -2.41. The second-order valence-corrected chi connectivity index (χ2v) is 19.8. The van der Waals surface area contributed by atoms with E-state index in [9.17, 15) is 44.6 Å². The molecule has 0 radical (unpaired) electrons. The van der Waals surface area contributed by atoms with Gasteiger partial charge in [0.2, 0.25) is 0 Å². The quantitative estimate of drug-likeness (QED) is 0.0146. The van der Waals surface area contributed by atoms with Crippen molar-refractivity contribution in [1.29, 1.82) is 0 Å². The van der Waals surface area contributed by atoms with Crippen molar-refractivity contribution in [3.8, 4) is 0 Å². The Kier molecular flexibility index (Phi) is 39.0. The number of hydrogen-bond acceptors (Lipinski definition) is 12. The Balaban J connectivity index is 2.36. The van der Waals surface area contributed by atoms with Crippen LogP contribution in [-0.4, -0.2) is 98.3 Å². The van der Waals surface area contributed by atoms with Gasteiger partial charge in [0.25, 0.3) is 0 Å². The van der Waals surface area contributed by atoms with Crippen molar-refractivity contribution in [2.75, 3.05) is 13.2 Å². The zero-order valence-corrected chi connectivity index (χ0v) is 41.7. The number of phosphoric acid groups is 1. The van der Waals surface area contributed by atoms with Crippen LogP contribution in [0, 0.1) is 0 Å². The van der Waals surface area contributed by atoms with Gasteiger partial charge in [0, 0.05) is 12.8 Å². The first-order valence-electron chi connectivity index (χ1n) is 26.1. The molecule has 0 aromatic rings. The maximum absolute atomic E-state index is 12.8. The van der Waals surface area contributed by atoms with Crippen LogP contribution in [0.5, 0.6) is 0 Å². The molecule has 65 heavy (non-hydrogen) atoms. The van der Waals surface area contributed by atoms with Crippen LogP contribution in [0.25, 0.3) is 0 Å². The number of aliphatic hydroxyl groups is 5. The van der Waals surface area contributed by atoms with Gasteiger partial charge in [-0.1, -0.05) is 186 Å². The molecule has 382 valence electrons. The van der Waals surface area contributed by atoms with E-state index in [0.717, 1.165) is 51.4 Å². The summed E-state index contributed by atoms with van der Waals surface area (Å²) < 4.78 is 33.6. The van der Waals surface area contributed by atoms with E-state index >= 15 is 0 Å². The van der Waals surface area contributed by atoms with Crippen LogP contribution in [0.4, 0.5) is 0 Å². The molecule has 1 aliphatic rings. The number of carbonyl (C=O) groups excluding carboxylic acids is 2. The van der Waals surface area contributed by atoms with E-state index in [1.54, 1.807) is 0 Å². The summed E-state index contributed by atoms with van der Waals surface area (Å²) in [5.74, 6) is -1.14. The van der Waals surface area contributed by atoms with Crippen molar-refractivity contribution >= 4 is 19.8 Å². The second-order valence-electron chi connectivity index (χ2n) is 18.4. The van der Waals surface area contributed by atoms with E-state index < -0.39 is 75.7 Å². The van der Waals surface area contributed by atoms with Crippen molar-refractivity contribution in [2.24, 2.45) is 0 Å². The van der Waals surface area contributed by atoms with Crippen molar-refractivity contribution in [3.05, 3.63) is 24.3 Å². The Morgan fingerprint density at radius 2 is 0.800 bits per heavy atom. The zero-order chi connectivity index (χ0) is 47.8. The van der Waals surface area contributed by atoms with Gasteiger partial charge in [-0.3, -0.25) is 18.6 Å². The Labute approximate surface area is 394 Å². The molecule has 1 rings (SSSR count). The molecule has 1 aliphatic carbocycles. The molecule has 8 atom stereocenters. The van der Waals surface area contributed by atoms with E-state index in [1.807, 2.05) is 0 Å². The van der Waals surface area contributed by atoms with E-state index in [0.29, 0.717) is 19.3 Å². The topological polar surface area (TPSA) is 210 Å². The van der Waals surface area contributed by atoms with Crippen molar-refractivity contribution in [1.82, 2.24) is 0 Å². The predicted octanol–water partition coefficient (Wildman–Crippen LogP) is 11.2. The van der Waals surface area contributed by atoms with Crippen LogP contribution in [0.2, 0.25) is 0 Å². The van der Waals surface area contributed by atoms with Crippen LogP contribution >= 0.6 is 7.82 Å². The molecule has 1 saturated carbocycles. The zero-order valence-electron chi connectivity index (χ0n) is 40.8. The fraction of sp³-hybridized carbons (Fsp3) is 0.882. The second kappa shape index (κ2) is 41.3. The molecule has 0 saturated heterocycles. The molecular weight excluding hydrogens is 852 g/mol. The number of allylic oxidation sites excluding steroid dienone is 4. The smallest absolute Gasteiger partial charge is 0.462 e. The van der Waals surface area contributed by atoms with Crippen molar-refractivity contribution in [2.45, 2.75) is 275 Å². The van der Waals surface area contributed by atoms with Gasteiger partial charge in [0.05, 0.1) is 6.61 Å². The fourth-order valence-electron chi connectivity index (χ4n) is 8.05. The monoisotopic (exact) mass is 947 g/mol. The summed E-state index contributed by atoms with van der Waals surface area (Å²) in [7, 11) is -5.13. The Bertz CT molecular complexity index is 1230. The molecule has 0 bridgehead atoms. The number of esters is 2. The molecule has 0 heterocycles. The Morgan fingerprint density at radius 1 is 0.462 bits per heavy atom. The maximum atomic E-state index is 12.8. The molecule has 14 heteroatoms. The molecule has 0 aromatic heterocycles. The predicted molar refractivity (Wildman–Crippen MR) is 258 cm³/mol. The molecule has 0 aromatic carbocycles. The third-order valence-corrected chi connectivity index (χ3v) is 13.3. The van der Waals surface area contributed by atoms with Gasteiger partial charge in [0.15, 0.2) is 6.10 Å². The highest BCUT2D eigenvalue weighted by molar-refractivity contribution is 7.47. The van der Waals surface area contributed by atoms with Crippen LogP contribution in [0.3, 0.4) is 0 Å². The third kappa shape index (κ3) is 33.5. The minimum absolute atomic E-state index is 0.0831. The number of aliphatic hydroxyl groups excluding tert-OH is 5. The third-order valence-electron chi connectivity index (χ3n) is 12.3. The standard InChI is InChI=1S/C51H95O13P/c1-3-5-7-9-11-13-15-17-18-19-20-21-22-23-24-25-26-28-29-31-33-35-37-39-44(52)61-41-43(42-62-65(59,60)64-51-49(57)47(55)46(54)48(56)50(51)58)63-45(53)40-38-36-34-32-30-27-16-14-12-10-8-6-4-2/h14,16,31,33,43,46-51,54-58H,3-13,15,17-30,32,34-42H2,1-2H3,(H,59,60)/b16-14+,33-31+/t43-,46?,47-,48?,49?,50?,51?/m0/s1. The van der Waals surface area contributed by atoms with E-state index in [1.165, 1.54) is 135 Å². The lowest BCUT2D eigenvalue weighted by atomic mass is 9.85. The van der Waals surface area contributed by atoms with Crippen LogP contribution in [0.1, 0.15) is 232 Å². The molecule has 6 unspecified atom stereocenters. The first-order chi connectivity index (χ1) is 31.4. The highest BCUT2D eigenvalue weighted by Crippen LogP contribution is 2.47. The number of phosphoric ester groups is 1. The number of rotatable bonds is 44. The average Bonchev–Trinajstić information content (AvgIpc) is 3.29. The highest BCUT2D eigenvalue weighted by atomic mass is 31.2. The average molecular weight is 947 g/mol. The van der Waals surface area contributed by atoms with Gasteiger partial charge < -0.3 is 39.9 Å². The maximum Gasteiger partial charge on any atom is 0.472 e. The first-order valence-corrected chi connectivity index (χ1v) is 27.6. The molecule has 13 nitrogen and oxygen atoms in total. The summed E-state index contributed by atoms with van der Waals surface area (Å²) in [6, 6.07) is 0. The molecule has 0 amide bonds. The van der Waals surface area contributed by atoms with E-state index in [4.69, 9.17) is 18.5 Å². The van der Waals surface area contributed by atoms with Gasteiger partial charge in [-0.05, 0) is 57.8 Å². The Hall–Kier alpha value is -1.67.